The lowest BCUT2D eigenvalue weighted by Gasteiger charge is -2.28. The Bertz CT molecular complexity index is 313. The predicted octanol–water partition coefficient (Wildman–Crippen LogP) is 3.45. The number of nitrogens with one attached hydrogen (secondary N) is 1. The zero-order valence-corrected chi connectivity index (χ0v) is 11.4. The molecule has 0 aliphatic rings. The summed E-state index contributed by atoms with van der Waals surface area (Å²) in [6, 6.07) is 8.48. The van der Waals surface area contributed by atoms with Crippen molar-refractivity contribution in [1.29, 1.82) is 0 Å². The van der Waals surface area contributed by atoms with Crippen molar-refractivity contribution in [2.24, 2.45) is 0 Å². The highest BCUT2D eigenvalue weighted by Crippen LogP contribution is 2.24. The summed E-state index contributed by atoms with van der Waals surface area (Å²) in [5.41, 5.74) is 5.64. The lowest BCUT2D eigenvalue weighted by atomic mass is 9.90. The lowest BCUT2D eigenvalue weighted by Crippen LogP contribution is -2.37. The third kappa shape index (κ3) is 3.78. The fraction of sp³-hybridized carbons (Fsp3) is 0.538. The molecule has 0 saturated heterocycles. The molecular formula is C13H22ClNO. The Morgan fingerprint density at radius 1 is 1.19 bits per heavy atom. The molecule has 0 fully saturated rings. The van der Waals surface area contributed by atoms with Crippen molar-refractivity contribution in [3.8, 4) is 0 Å². The van der Waals surface area contributed by atoms with Crippen LogP contribution in [-0.2, 0) is 16.8 Å². The van der Waals surface area contributed by atoms with Crippen molar-refractivity contribution in [3.05, 3.63) is 35.4 Å². The van der Waals surface area contributed by atoms with Gasteiger partial charge in [-0.2, -0.15) is 5.48 Å². The average Bonchev–Trinajstić information content (AvgIpc) is 2.26. The van der Waals surface area contributed by atoms with Crippen LogP contribution < -0.4 is 5.48 Å². The summed E-state index contributed by atoms with van der Waals surface area (Å²) in [6.45, 7) is 9.11. The molecule has 0 spiro atoms. The molecule has 3 heteroatoms. The summed E-state index contributed by atoms with van der Waals surface area (Å²) in [6.07, 6.45) is 1.05. The smallest absolute Gasteiger partial charge is 0.0654 e. The Kier molecular flexibility index (Phi) is 6.65. The predicted molar refractivity (Wildman–Crippen MR) is 70.9 cm³/mol. The summed E-state index contributed by atoms with van der Waals surface area (Å²) >= 11 is 0. The molecule has 0 aliphatic carbocycles. The van der Waals surface area contributed by atoms with Crippen LogP contribution in [0.1, 0.15) is 38.8 Å². The molecule has 1 aromatic carbocycles. The third-order valence-corrected chi connectivity index (χ3v) is 2.54. The molecule has 1 aromatic rings. The summed E-state index contributed by atoms with van der Waals surface area (Å²) in [4.78, 5) is 5.30. The minimum atomic E-state index is -0.136. The summed E-state index contributed by atoms with van der Waals surface area (Å²) in [5, 5.41) is 0. The molecule has 1 N–H and O–H groups in total. The first-order valence-electron chi connectivity index (χ1n) is 5.59. The maximum absolute atomic E-state index is 5.30. The van der Waals surface area contributed by atoms with Crippen LogP contribution in [0.4, 0.5) is 0 Å². The van der Waals surface area contributed by atoms with Gasteiger partial charge in [-0.15, -0.1) is 12.4 Å². The van der Waals surface area contributed by atoms with Gasteiger partial charge < -0.3 is 4.84 Å². The normalized spacial score (nSPS) is 11.0. The van der Waals surface area contributed by atoms with Crippen LogP contribution in [0, 0.1) is 0 Å². The maximum atomic E-state index is 5.30. The first-order chi connectivity index (χ1) is 7.11. The second-order valence-electron chi connectivity index (χ2n) is 4.17. The topological polar surface area (TPSA) is 21.3 Å². The minimum absolute atomic E-state index is 0. The van der Waals surface area contributed by atoms with Crippen LogP contribution >= 0.6 is 12.4 Å². The average molecular weight is 244 g/mol. The number of hydrogen-bond acceptors (Lipinski definition) is 2. The molecule has 0 aliphatic heterocycles. The molecule has 0 saturated carbocycles. The number of rotatable bonds is 5. The molecule has 0 atom stereocenters. The second kappa shape index (κ2) is 6.89. The highest BCUT2D eigenvalue weighted by Gasteiger charge is 2.22. The van der Waals surface area contributed by atoms with E-state index >= 15 is 0 Å². The Hall–Kier alpha value is -0.570. The van der Waals surface area contributed by atoms with E-state index in [1.54, 1.807) is 0 Å². The summed E-state index contributed by atoms with van der Waals surface area (Å²) in [5.74, 6) is 0. The maximum Gasteiger partial charge on any atom is 0.0654 e. The number of aryl methyl sites for hydroxylation is 1. The molecule has 0 unspecified atom stereocenters. The number of hydrogen-bond donors (Lipinski definition) is 1. The van der Waals surface area contributed by atoms with Gasteiger partial charge in [0.05, 0.1) is 12.1 Å². The zero-order chi connectivity index (χ0) is 11.3. The van der Waals surface area contributed by atoms with E-state index in [2.05, 4.69) is 50.5 Å². The van der Waals surface area contributed by atoms with Gasteiger partial charge in [-0.3, -0.25) is 0 Å². The van der Waals surface area contributed by atoms with Crippen LogP contribution in [0.2, 0.25) is 0 Å². The molecule has 0 aromatic heterocycles. The Morgan fingerprint density at radius 2 is 1.81 bits per heavy atom. The van der Waals surface area contributed by atoms with Gasteiger partial charge in [0.1, 0.15) is 0 Å². The molecule has 0 radical (unpaired) electrons. The Balaban J connectivity index is 0.00000225. The van der Waals surface area contributed by atoms with Gasteiger partial charge in [0.25, 0.3) is 0 Å². The summed E-state index contributed by atoms with van der Waals surface area (Å²) < 4.78 is 0. The van der Waals surface area contributed by atoms with Gasteiger partial charge in [0, 0.05) is 0 Å². The van der Waals surface area contributed by atoms with E-state index in [9.17, 15) is 0 Å². The van der Waals surface area contributed by atoms with Crippen LogP contribution in [0.3, 0.4) is 0 Å². The number of hydroxylamine groups is 1. The van der Waals surface area contributed by atoms with Crippen molar-refractivity contribution in [1.82, 2.24) is 5.48 Å². The Morgan fingerprint density at radius 3 is 2.38 bits per heavy atom. The molecule has 0 heterocycles. The standard InChI is InChI=1S/C13H21NO.ClH/c1-5-11-9-7-8-10-12(11)13(3,4)14-15-6-2;/h7-10,14H,5-6H2,1-4H3;1H. The van der Waals surface area contributed by atoms with Gasteiger partial charge in [-0.1, -0.05) is 31.2 Å². The quantitative estimate of drug-likeness (QED) is 0.800. The van der Waals surface area contributed by atoms with E-state index in [0.717, 1.165) is 6.42 Å². The first kappa shape index (κ1) is 15.4. The largest absolute Gasteiger partial charge is 0.301 e. The molecule has 2 nitrogen and oxygen atoms in total. The molecular weight excluding hydrogens is 222 g/mol. The van der Waals surface area contributed by atoms with Gasteiger partial charge in [0.2, 0.25) is 0 Å². The van der Waals surface area contributed by atoms with E-state index in [1.807, 2.05) is 6.92 Å². The monoisotopic (exact) mass is 243 g/mol. The van der Waals surface area contributed by atoms with E-state index in [0.29, 0.717) is 6.61 Å². The zero-order valence-electron chi connectivity index (χ0n) is 10.5. The highest BCUT2D eigenvalue weighted by molar-refractivity contribution is 5.85. The fourth-order valence-corrected chi connectivity index (χ4v) is 1.75. The lowest BCUT2D eigenvalue weighted by molar-refractivity contribution is -0.00639. The first-order valence-corrected chi connectivity index (χ1v) is 5.59. The van der Waals surface area contributed by atoms with Crippen molar-refractivity contribution in [3.63, 3.8) is 0 Å². The van der Waals surface area contributed by atoms with Gasteiger partial charge in [0.15, 0.2) is 0 Å². The SMILES string of the molecule is CCONC(C)(C)c1ccccc1CC.Cl. The van der Waals surface area contributed by atoms with E-state index in [-0.39, 0.29) is 17.9 Å². The second-order valence-corrected chi connectivity index (χ2v) is 4.17. The molecule has 92 valence electrons. The van der Waals surface area contributed by atoms with E-state index < -0.39 is 0 Å². The molecule has 1 rings (SSSR count). The van der Waals surface area contributed by atoms with E-state index in [1.165, 1.54) is 11.1 Å². The third-order valence-electron chi connectivity index (χ3n) is 2.54. The van der Waals surface area contributed by atoms with Crippen molar-refractivity contribution in [2.45, 2.75) is 39.7 Å². The van der Waals surface area contributed by atoms with Crippen molar-refractivity contribution >= 4 is 12.4 Å². The van der Waals surface area contributed by atoms with Gasteiger partial charge in [-0.05, 0) is 38.3 Å². The van der Waals surface area contributed by atoms with Gasteiger partial charge in [-0.25, -0.2) is 0 Å². The molecule has 0 bridgehead atoms. The van der Waals surface area contributed by atoms with Crippen LogP contribution in [0.25, 0.3) is 0 Å². The fourth-order valence-electron chi connectivity index (χ4n) is 1.75. The van der Waals surface area contributed by atoms with Gasteiger partial charge >= 0.3 is 0 Å². The van der Waals surface area contributed by atoms with Crippen LogP contribution in [0.15, 0.2) is 24.3 Å². The van der Waals surface area contributed by atoms with Crippen LogP contribution in [0.5, 0.6) is 0 Å². The molecule has 0 amide bonds. The number of halogens is 1. The number of benzene rings is 1. The van der Waals surface area contributed by atoms with E-state index in [4.69, 9.17) is 4.84 Å². The Labute approximate surface area is 105 Å². The minimum Gasteiger partial charge on any atom is -0.301 e. The van der Waals surface area contributed by atoms with Crippen molar-refractivity contribution < 1.29 is 4.84 Å². The van der Waals surface area contributed by atoms with Crippen LogP contribution in [-0.4, -0.2) is 6.61 Å². The molecule has 16 heavy (non-hydrogen) atoms. The summed E-state index contributed by atoms with van der Waals surface area (Å²) in [7, 11) is 0. The van der Waals surface area contributed by atoms with Crippen molar-refractivity contribution in [2.75, 3.05) is 6.61 Å². The highest BCUT2D eigenvalue weighted by atomic mass is 35.5.